The van der Waals surface area contributed by atoms with E-state index in [1.54, 1.807) is 0 Å². The second kappa shape index (κ2) is 6.60. The summed E-state index contributed by atoms with van der Waals surface area (Å²) in [5, 5.41) is 3.44. The van der Waals surface area contributed by atoms with Gasteiger partial charge in [0.2, 0.25) is 0 Å². The number of nitrogens with one attached hydrogen (secondary N) is 1. The quantitative estimate of drug-likeness (QED) is 0.852. The summed E-state index contributed by atoms with van der Waals surface area (Å²) in [6.45, 7) is 11.4. The molecule has 1 atom stereocenters. The molecule has 0 fully saturated rings. The van der Waals surface area contributed by atoms with E-state index in [2.05, 4.69) is 51.2 Å². The van der Waals surface area contributed by atoms with Crippen LogP contribution in [0.4, 0.5) is 0 Å². The van der Waals surface area contributed by atoms with E-state index < -0.39 is 0 Å². The minimum Gasteiger partial charge on any atom is -0.489 e. The molecule has 0 saturated heterocycles. The molecule has 0 spiro atoms. The lowest BCUT2D eigenvalue weighted by molar-refractivity contribution is 0.203. The molecule has 0 saturated carbocycles. The van der Waals surface area contributed by atoms with Crippen LogP contribution in [0.2, 0.25) is 0 Å². The summed E-state index contributed by atoms with van der Waals surface area (Å²) in [6.07, 6.45) is 4.26. The Labute approximate surface area is 111 Å². The van der Waals surface area contributed by atoms with Crippen molar-refractivity contribution in [1.29, 1.82) is 0 Å². The van der Waals surface area contributed by atoms with Gasteiger partial charge < -0.3 is 10.1 Å². The van der Waals surface area contributed by atoms with E-state index >= 15 is 0 Å². The van der Waals surface area contributed by atoms with Gasteiger partial charge in [-0.2, -0.15) is 0 Å². The maximum Gasteiger partial charge on any atom is 0.120 e. The summed E-state index contributed by atoms with van der Waals surface area (Å²) < 4.78 is 5.90. The van der Waals surface area contributed by atoms with Crippen molar-refractivity contribution in [2.45, 2.75) is 46.3 Å². The van der Waals surface area contributed by atoms with Crippen molar-refractivity contribution >= 4 is 6.08 Å². The highest BCUT2D eigenvalue weighted by Gasteiger charge is 2.11. The largest absolute Gasteiger partial charge is 0.489 e. The normalized spacial score (nSPS) is 13.8. The first kappa shape index (κ1) is 14.8. The van der Waals surface area contributed by atoms with Crippen LogP contribution in [0.1, 0.15) is 40.2 Å². The molecule has 100 valence electrons. The van der Waals surface area contributed by atoms with E-state index in [-0.39, 0.29) is 11.6 Å². The standard InChI is InChI=1S/C16H25NO/c1-6-8-14-9-7-10-15(11-14)18-13(2)12-17-16(3,4)5/h6-11,13,17H,12H2,1-5H3/b8-6+/t13-/m1/s1. The second-order valence-corrected chi connectivity index (χ2v) is 5.63. The first-order chi connectivity index (χ1) is 8.40. The van der Waals surface area contributed by atoms with Crippen molar-refractivity contribution in [2.24, 2.45) is 0 Å². The Morgan fingerprint density at radius 2 is 2.06 bits per heavy atom. The fourth-order valence-electron chi connectivity index (χ4n) is 1.61. The number of benzene rings is 1. The summed E-state index contributed by atoms with van der Waals surface area (Å²) >= 11 is 0. The molecule has 0 aliphatic heterocycles. The van der Waals surface area contributed by atoms with Crippen LogP contribution in [0.15, 0.2) is 30.3 Å². The summed E-state index contributed by atoms with van der Waals surface area (Å²) in [6, 6.07) is 8.16. The Kier molecular flexibility index (Phi) is 5.42. The summed E-state index contributed by atoms with van der Waals surface area (Å²) in [5.41, 5.74) is 1.30. The van der Waals surface area contributed by atoms with E-state index in [4.69, 9.17) is 4.74 Å². The van der Waals surface area contributed by atoms with Gasteiger partial charge in [0, 0.05) is 12.1 Å². The zero-order valence-corrected chi connectivity index (χ0v) is 12.2. The maximum atomic E-state index is 5.90. The lowest BCUT2D eigenvalue weighted by Crippen LogP contribution is -2.41. The van der Waals surface area contributed by atoms with Gasteiger partial charge in [0.05, 0.1) is 0 Å². The van der Waals surface area contributed by atoms with Gasteiger partial charge in [-0.15, -0.1) is 0 Å². The lowest BCUT2D eigenvalue weighted by atomic mass is 10.1. The maximum absolute atomic E-state index is 5.90. The van der Waals surface area contributed by atoms with Crippen LogP contribution in [0.3, 0.4) is 0 Å². The molecule has 1 rings (SSSR count). The van der Waals surface area contributed by atoms with Gasteiger partial charge in [-0.05, 0) is 52.3 Å². The summed E-state index contributed by atoms with van der Waals surface area (Å²) in [5.74, 6) is 0.925. The minimum atomic E-state index is 0.129. The molecular formula is C16H25NO. The van der Waals surface area contributed by atoms with Gasteiger partial charge in [-0.1, -0.05) is 24.3 Å². The van der Waals surface area contributed by atoms with Crippen LogP contribution < -0.4 is 10.1 Å². The van der Waals surface area contributed by atoms with Crippen LogP contribution in [0.25, 0.3) is 6.08 Å². The number of rotatable bonds is 5. The highest BCUT2D eigenvalue weighted by atomic mass is 16.5. The molecule has 1 aromatic carbocycles. The molecule has 0 amide bonds. The zero-order valence-electron chi connectivity index (χ0n) is 12.2. The van der Waals surface area contributed by atoms with Crippen LogP contribution in [0.5, 0.6) is 5.75 Å². The SMILES string of the molecule is C/C=C/c1cccc(O[C@H](C)CNC(C)(C)C)c1. The molecule has 0 bridgehead atoms. The van der Waals surface area contributed by atoms with Gasteiger partial charge in [-0.3, -0.25) is 0 Å². The van der Waals surface area contributed by atoms with Crippen molar-refractivity contribution in [3.8, 4) is 5.75 Å². The average molecular weight is 247 g/mol. The minimum absolute atomic E-state index is 0.129. The molecule has 0 unspecified atom stereocenters. The number of allylic oxidation sites excluding steroid dienone is 1. The van der Waals surface area contributed by atoms with Gasteiger partial charge in [-0.25, -0.2) is 0 Å². The lowest BCUT2D eigenvalue weighted by Gasteiger charge is -2.24. The first-order valence-electron chi connectivity index (χ1n) is 6.55. The van der Waals surface area contributed by atoms with Crippen molar-refractivity contribution in [3.63, 3.8) is 0 Å². The van der Waals surface area contributed by atoms with Crippen molar-refractivity contribution < 1.29 is 4.74 Å². The average Bonchev–Trinajstić information content (AvgIpc) is 2.26. The van der Waals surface area contributed by atoms with E-state index in [1.165, 1.54) is 5.56 Å². The summed E-state index contributed by atoms with van der Waals surface area (Å²) in [4.78, 5) is 0. The van der Waals surface area contributed by atoms with Crippen LogP contribution in [0, 0.1) is 0 Å². The highest BCUT2D eigenvalue weighted by Crippen LogP contribution is 2.16. The first-order valence-corrected chi connectivity index (χ1v) is 6.55. The fraction of sp³-hybridized carbons (Fsp3) is 0.500. The molecule has 2 nitrogen and oxygen atoms in total. The molecular weight excluding hydrogens is 222 g/mol. The predicted octanol–water partition coefficient (Wildman–Crippen LogP) is 3.88. The predicted molar refractivity (Wildman–Crippen MR) is 79.0 cm³/mol. The number of hydrogen-bond acceptors (Lipinski definition) is 2. The van der Waals surface area contributed by atoms with Crippen molar-refractivity contribution in [1.82, 2.24) is 5.32 Å². The summed E-state index contributed by atoms with van der Waals surface area (Å²) in [7, 11) is 0. The Balaban J connectivity index is 2.53. The van der Waals surface area contributed by atoms with Crippen LogP contribution >= 0.6 is 0 Å². The molecule has 0 heterocycles. The van der Waals surface area contributed by atoms with Gasteiger partial charge >= 0.3 is 0 Å². The zero-order chi connectivity index (χ0) is 13.6. The third-order valence-corrected chi connectivity index (χ3v) is 2.47. The molecule has 0 aliphatic rings. The van der Waals surface area contributed by atoms with Crippen molar-refractivity contribution in [3.05, 3.63) is 35.9 Å². The number of ether oxygens (including phenoxy) is 1. The fourth-order valence-corrected chi connectivity index (χ4v) is 1.61. The second-order valence-electron chi connectivity index (χ2n) is 5.63. The van der Waals surface area contributed by atoms with E-state index in [0.29, 0.717) is 0 Å². The van der Waals surface area contributed by atoms with Crippen LogP contribution in [-0.2, 0) is 0 Å². The Bertz CT molecular complexity index is 390. The van der Waals surface area contributed by atoms with Crippen LogP contribution in [-0.4, -0.2) is 18.2 Å². The van der Waals surface area contributed by atoms with Gasteiger partial charge in [0.1, 0.15) is 11.9 Å². The Morgan fingerprint density at radius 1 is 1.33 bits per heavy atom. The molecule has 1 aromatic rings. The number of hydrogen-bond donors (Lipinski definition) is 1. The molecule has 1 N–H and O–H groups in total. The van der Waals surface area contributed by atoms with Gasteiger partial charge in [0.25, 0.3) is 0 Å². The molecule has 2 heteroatoms. The Morgan fingerprint density at radius 3 is 2.67 bits per heavy atom. The molecule has 0 radical (unpaired) electrons. The smallest absolute Gasteiger partial charge is 0.120 e. The van der Waals surface area contributed by atoms with Gasteiger partial charge in [0.15, 0.2) is 0 Å². The third kappa shape index (κ3) is 5.87. The molecule has 0 aliphatic carbocycles. The molecule has 18 heavy (non-hydrogen) atoms. The monoisotopic (exact) mass is 247 g/mol. The van der Waals surface area contributed by atoms with E-state index in [0.717, 1.165) is 12.3 Å². The third-order valence-electron chi connectivity index (χ3n) is 2.47. The molecule has 0 aromatic heterocycles. The van der Waals surface area contributed by atoms with Crippen molar-refractivity contribution in [2.75, 3.05) is 6.54 Å². The Hall–Kier alpha value is -1.28. The van der Waals surface area contributed by atoms with E-state index in [9.17, 15) is 0 Å². The van der Waals surface area contributed by atoms with E-state index in [1.807, 2.05) is 25.1 Å². The topological polar surface area (TPSA) is 21.3 Å². The highest BCUT2D eigenvalue weighted by molar-refractivity contribution is 5.51.